The molecule has 0 saturated carbocycles. The van der Waals surface area contributed by atoms with Crippen LogP contribution in [0.2, 0.25) is 0 Å². The predicted octanol–water partition coefficient (Wildman–Crippen LogP) is 3.21. The van der Waals surface area contributed by atoms with E-state index in [1.54, 1.807) is 0 Å². The molecule has 1 fully saturated rings. The molecule has 0 bridgehead atoms. The molecule has 2 heterocycles. The summed E-state index contributed by atoms with van der Waals surface area (Å²) < 4.78 is 11.6. The van der Waals surface area contributed by atoms with Crippen molar-refractivity contribution in [3.05, 3.63) is 59.7 Å². The van der Waals surface area contributed by atoms with Crippen LogP contribution in [-0.4, -0.2) is 30.6 Å². The summed E-state index contributed by atoms with van der Waals surface area (Å²) in [5.74, 6) is 1.66. The van der Waals surface area contributed by atoms with Crippen molar-refractivity contribution in [2.45, 2.75) is 31.3 Å². The zero-order valence-corrected chi connectivity index (χ0v) is 14.8. The van der Waals surface area contributed by atoms with E-state index >= 15 is 0 Å². The Labute approximate surface area is 153 Å². The molecule has 2 aliphatic rings. The Morgan fingerprint density at radius 2 is 1.92 bits per heavy atom. The summed E-state index contributed by atoms with van der Waals surface area (Å²) in [6, 6.07) is 15.5. The highest BCUT2D eigenvalue weighted by molar-refractivity contribution is 5.78. The van der Waals surface area contributed by atoms with Gasteiger partial charge in [-0.25, -0.2) is 0 Å². The summed E-state index contributed by atoms with van der Waals surface area (Å²) in [5.41, 5.74) is 8.30. The fourth-order valence-corrected chi connectivity index (χ4v) is 3.87. The number of carbonyl (C=O) groups excluding carboxylic acids is 1. The number of hydrogen-bond donors (Lipinski definition) is 1. The van der Waals surface area contributed by atoms with Gasteiger partial charge in [-0.05, 0) is 24.5 Å². The van der Waals surface area contributed by atoms with E-state index in [9.17, 15) is 4.79 Å². The average molecular weight is 352 g/mol. The number of para-hydroxylation sites is 1. The lowest BCUT2D eigenvalue weighted by Gasteiger charge is -2.29. The Morgan fingerprint density at radius 3 is 2.77 bits per heavy atom. The lowest BCUT2D eigenvalue weighted by molar-refractivity contribution is -0.132. The number of hydrogen-bond acceptors (Lipinski definition) is 4. The molecule has 2 unspecified atom stereocenters. The fourth-order valence-electron chi connectivity index (χ4n) is 3.87. The molecule has 2 aromatic rings. The van der Waals surface area contributed by atoms with Crippen molar-refractivity contribution in [1.82, 2.24) is 4.90 Å². The second kappa shape index (κ2) is 7.38. The van der Waals surface area contributed by atoms with Gasteiger partial charge in [0, 0.05) is 24.6 Å². The highest BCUT2D eigenvalue weighted by Gasteiger charge is 2.34. The maximum atomic E-state index is 13.0. The maximum absolute atomic E-state index is 13.0. The van der Waals surface area contributed by atoms with Crippen molar-refractivity contribution in [3.8, 4) is 11.5 Å². The smallest absolute Gasteiger partial charge is 0.224 e. The van der Waals surface area contributed by atoms with E-state index in [0.717, 1.165) is 42.0 Å². The Balaban J connectivity index is 1.53. The number of nitrogens with two attached hydrogens (primary N) is 1. The lowest BCUT2D eigenvalue weighted by Crippen LogP contribution is -2.33. The molecule has 2 aliphatic heterocycles. The normalized spacial score (nSPS) is 20.0. The van der Waals surface area contributed by atoms with Crippen LogP contribution in [0.5, 0.6) is 11.5 Å². The third-order valence-corrected chi connectivity index (χ3v) is 5.15. The number of carbonyl (C=O) groups is 1. The molecule has 2 N–H and O–H groups in total. The molecule has 1 amide bonds. The highest BCUT2D eigenvalue weighted by Crippen LogP contribution is 2.43. The zero-order chi connectivity index (χ0) is 17.9. The molecule has 5 heteroatoms. The monoisotopic (exact) mass is 352 g/mol. The zero-order valence-electron chi connectivity index (χ0n) is 14.8. The molecule has 2 aromatic carbocycles. The first-order valence-corrected chi connectivity index (χ1v) is 9.22. The second-order valence-electron chi connectivity index (χ2n) is 6.84. The maximum Gasteiger partial charge on any atom is 0.224 e. The first kappa shape index (κ1) is 16.9. The Kier molecular flexibility index (Phi) is 4.80. The lowest BCUT2D eigenvalue weighted by atomic mass is 10.0. The molecular weight excluding hydrogens is 328 g/mol. The van der Waals surface area contributed by atoms with Crippen molar-refractivity contribution < 1.29 is 14.3 Å². The van der Waals surface area contributed by atoms with Crippen LogP contribution in [0.25, 0.3) is 0 Å². The van der Waals surface area contributed by atoms with Gasteiger partial charge in [0.25, 0.3) is 0 Å². The van der Waals surface area contributed by atoms with Gasteiger partial charge in [-0.2, -0.15) is 0 Å². The van der Waals surface area contributed by atoms with Gasteiger partial charge >= 0.3 is 0 Å². The van der Waals surface area contributed by atoms with Crippen molar-refractivity contribution in [1.29, 1.82) is 0 Å². The largest absolute Gasteiger partial charge is 0.486 e. The Hall–Kier alpha value is -2.53. The number of nitrogens with zero attached hydrogens (tertiary/aromatic N) is 1. The third-order valence-electron chi connectivity index (χ3n) is 5.15. The van der Waals surface area contributed by atoms with Gasteiger partial charge < -0.3 is 20.1 Å². The molecule has 26 heavy (non-hydrogen) atoms. The van der Waals surface area contributed by atoms with Crippen molar-refractivity contribution in [2.24, 2.45) is 5.73 Å². The predicted molar refractivity (Wildman–Crippen MR) is 99.1 cm³/mol. The molecule has 2 atom stereocenters. The average Bonchev–Trinajstić information content (AvgIpc) is 3.18. The van der Waals surface area contributed by atoms with Crippen molar-refractivity contribution in [3.63, 3.8) is 0 Å². The van der Waals surface area contributed by atoms with E-state index in [2.05, 4.69) is 0 Å². The van der Waals surface area contributed by atoms with Crippen LogP contribution in [-0.2, 0) is 4.79 Å². The summed E-state index contributed by atoms with van der Waals surface area (Å²) in [6.45, 7) is 1.87. The molecule has 0 radical (unpaired) electrons. The number of benzene rings is 2. The van der Waals surface area contributed by atoms with Crippen molar-refractivity contribution >= 4 is 5.91 Å². The van der Waals surface area contributed by atoms with Gasteiger partial charge in [0.2, 0.25) is 5.91 Å². The highest BCUT2D eigenvalue weighted by atomic mass is 16.6. The number of ether oxygens (including phenoxy) is 2. The minimum Gasteiger partial charge on any atom is -0.486 e. The van der Waals surface area contributed by atoms with E-state index in [1.807, 2.05) is 53.4 Å². The summed E-state index contributed by atoms with van der Waals surface area (Å²) >= 11 is 0. The van der Waals surface area contributed by atoms with Gasteiger partial charge in [-0.3, -0.25) is 4.79 Å². The summed E-state index contributed by atoms with van der Waals surface area (Å²) in [5, 5.41) is 0. The van der Waals surface area contributed by atoms with E-state index in [1.165, 1.54) is 0 Å². The van der Waals surface area contributed by atoms with Gasteiger partial charge in [0.15, 0.2) is 11.5 Å². The van der Waals surface area contributed by atoms with Crippen LogP contribution in [0.15, 0.2) is 48.5 Å². The number of fused-ring (bicyclic) bond motifs is 1. The molecule has 5 nitrogen and oxygen atoms in total. The van der Waals surface area contributed by atoms with Crippen LogP contribution in [0, 0.1) is 0 Å². The number of likely N-dealkylation sites (tertiary alicyclic amines) is 1. The summed E-state index contributed by atoms with van der Waals surface area (Å²) in [7, 11) is 0. The van der Waals surface area contributed by atoms with Crippen LogP contribution in [0.3, 0.4) is 0 Å². The van der Waals surface area contributed by atoms with E-state index in [-0.39, 0.29) is 18.0 Å². The first-order valence-electron chi connectivity index (χ1n) is 9.22. The fraction of sp³-hybridized carbons (Fsp3) is 0.381. The van der Waals surface area contributed by atoms with Crippen molar-refractivity contribution in [2.75, 3.05) is 19.8 Å². The van der Waals surface area contributed by atoms with E-state index < -0.39 is 0 Å². The third kappa shape index (κ3) is 3.27. The topological polar surface area (TPSA) is 64.8 Å². The first-order chi connectivity index (χ1) is 12.7. The minimum atomic E-state index is -0.283. The van der Waals surface area contributed by atoms with Crippen LogP contribution in [0.1, 0.15) is 42.5 Å². The van der Waals surface area contributed by atoms with Gasteiger partial charge in [0.05, 0.1) is 6.04 Å². The van der Waals surface area contributed by atoms with Gasteiger partial charge in [0.1, 0.15) is 13.2 Å². The van der Waals surface area contributed by atoms with Crippen LogP contribution < -0.4 is 15.2 Å². The standard InChI is InChI=1S/C21H24N2O3/c22-17(15-6-2-1-3-7-15)14-20(24)23-11-5-9-18(23)16-8-4-10-19-21(16)26-13-12-25-19/h1-4,6-8,10,17-18H,5,9,11-14,22H2. The molecule has 0 aromatic heterocycles. The Morgan fingerprint density at radius 1 is 1.12 bits per heavy atom. The number of rotatable bonds is 4. The minimum absolute atomic E-state index is 0.0297. The van der Waals surface area contributed by atoms with E-state index in [0.29, 0.717) is 19.6 Å². The van der Waals surface area contributed by atoms with Gasteiger partial charge in [-0.15, -0.1) is 0 Å². The molecule has 1 saturated heterocycles. The number of amides is 1. The second-order valence-corrected chi connectivity index (χ2v) is 6.84. The van der Waals surface area contributed by atoms with Gasteiger partial charge in [-0.1, -0.05) is 42.5 Å². The molecule has 0 aliphatic carbocycles. The molecule has 136 valence electrons. The van der Waals surface area contributed by atoms with Crippen LogP contribution >= 0.6 is 0 Å². The van der Waals surface area contributed by atoms with Crippen LogP contribution in [0.4, 0.5) is 0 Å². The SMILES string of the molecule is NC(CC(=O)N1CCCC1c1cccc2c1OCCO2)c1ccccc1. The Bertz CT molecular complexity index is 778. The molecule has 4 rings (SSSR count). The molecule has 0 spiro atoms. The summed E-state index contributed by atoms with van der Waals surface area (Å²) in [4.78, 5) is 14.9. The summed E-state index contributed by atoms with van der Waals surface area (Å²) in [6.07, 6.45) is 2.24. The molecular formula is C21H24N2O3. The van der Waals surface area contributed by atoms with E-state index in [4.69, 9.17) is 15.2 Å². The quantitative estimate of drug-likeness (QED) is 0.918.